The average molecular weight is 518 g/mol. The molecule has 3 aliphatic carbocycles. The lowest BCUT2D eigenvalue weighted by Gasteiger charge is -2.35. The van der Waals surface area contributed by atoms with Crippen LogP contribution in [0.1, 0.15) is 95.4 Å². The van der Waals surface area contributed by atoms with Crippen LogP contribution < -0.4 is 5.32 Å². The molecule has 1 fully saturated rings. The number of allylic oxidation sites excluding steroid dienone is 8. The maximum Gasteiger partial charge on any atom is 0.322 e. The van der Waals surface area contributed by atoms with E-state index in [4.69, 9.17) is 5.11 Å². The SMILES string of the molecule is CCCC1CCC(C2CC=C(c3cnc(CC4=CC=C(CCC(=O)NCC(=O)O)C=CC4)nc3)CC2)CC1. The summed E-state index contributed by atoms with van der Waals surface area (Å²) >= 11 is 0. The third kappa shape index (κ3) is 8.50. The first-order chi connectivity index (χ1) is 18.5. The van der Waals surface area contributed by atoms with Crippen LogP contribution in [0.2, 0.25) is 0 Å². The number of carbonyl (C=O) groups excluding carboxylic acids is 1. The van der Waals surface area contributed by atoms with Crippen molar-refractivity contribution >= 4 is 17.4 Å². The van der Waals surface area contributed by atoms with Crippen molar-refractivity contribution in [1.29, 1.82) is 0 Å². The highest BCUT2D eigenvalue weighted by Gasteiger charge is 2.28. The van der Waals surface area contributed by atoms with Gasteiger partial charge in [-0.1, -0.05) is 68.6 Å². The number of nitrogens with one attached hydrogen (secondary N) is 1. The molecule has 2 N–H and O–H groups in total. The van der Waals surface area contributed by atoms with Gasteiger partial charge in [0.1, 0.15) is 12.4 Å². The minimum Gasteiger partial charge on any atom is -0.480 e. The average Bonchev–Trinajstić information content (AvgIpc) is 3.17. The Balaban J connectivity index is 1.25. The summed E-state index contributed by atoms with van der Waals surface area (Å²) in [6.45, 7) is 1.98. The standard InChI is InChI=1S/C32H43N3O3/c1-2-4-23-9-12-26(13-10-23)27-14-16-28(17-15-27)29-20-33-30(34-21-29)19-25-6-3-5-24(7-8-25)11-18-31(36)35-22-32(37)38/h3,5,7-8,16,20-21,23,26-27H,2,4,6,9-15,17-19,22H2,1H3,(H,35,36)(H,37,38). The molecule has 1 amide bonds. The molecular formula is C32H43N3O3. The van der Waals surface area contributed by atoms with Gasteiger partial charge in [0.15, 0.2) is 0 Å². The van der Waals surface area contributed by atoms with Crippen LogP contribution in [0.15, 0.2) is 53.9 Å². The van der Waals surface area contributed by atoms with Crippen LogP contribution >= 0.6 is 0 Å². The Hall–Kier alpha value is -3.02. The van der Waals surface area contributed by atoms with Crippen LogP contribution in [0.5, 0.6) is 0 Å². The summed E-state index contributed by atoms with van der Waals surface area (Å²) in [7, 11) is 0. The molecule has 0 aliphatic heterocycles. The second-order valence-corrected chi connectivity index (χ2v) is 11.2. The highest BCUT2D eigenvalue weighted by Crippen LogP contribution is 2.41. The molecule has 1 saturated carbocycles. The highest BCUT2D eigenvalue weighted by atomic mass is 16.4. The Labute approximate surface area is 227 Å². The van der Waals surface area contributed by atoms with Crippen molar-refractivity contribution in [3.05, 3.63) is 65.3 Å². The van der Waals surface area contributed by atoms with E-state index >= 15 is 0 Å². The Morgan fingerprint density at radius 2 is 1.84 bits per heavy atom. The fraction of sp³-hybridized carbons (Fsp3) is 0.562. The summed E-state index contributed by atoms with van der Waals surface area (Å²) in [6.07, 6.45) is 29.2. The number of aromatic nitrogens is 2. The van der Waals surface area contributed by atoms with E-state index in [2.05, 4.69) is 40.4 Å². The van der Waals surface area contributed by atoms with E-state index in [1.807, 2.05) is 24.5 Å². The maximum absolute atomic E-state index is 11.8. The molecule has 0 aromatic carbocycles. The summed E-state index contributed by atoms with van der Waals surface area (Å²) in [5.41, 5.74) is 4.85. The van der Waals surface area contributed by atoms with Crippen molar-refractivity contribution in [3.8, 4) is 0 Å². The first-order valence-corrected chi connectivity index (χ1v) is 14.5. The van der Waals surface area contributed by atoms with Crippen LogP contribution in [0.3, 0.4) is 0 Å². The lowest BCUT2D eigenvalue weighted by Crippen LogP contribution is -2.28. The summed E-state index contributed by atoms with van der Waals surface area (Å²) in [5, 5.41) is 11.1. The van der Waals surface area contributed by atoms with Gasteiger partial charge in [-0.05, 0) is 73.8 Å². The summed E-state index contributed by atoms with van der Waals surface area (Å²) in [5.74, 6) is 2.31. The van der Waals surface area contributed by atoms with E-state index in [1.54, 1.807) is 0 Å². The molecule has 204 valence electrons. The topological polar surface area (TPSA) is 92.2 Å². The van der Waals surface area contributed by atoms with Crippen LogP contribution in [-0.4, -0.2) is 33.5 Å². The fourth-order valence-electron chi connectivity index (χ4n) is 6.24. The van der Waals surface area contributed by atoms with Crippen molar-refractivity contribution in [2.45, 2.75) is 90.4 Å². The van der Waals surface area contributed by atoms with E-state index in [9.17, 15) is 9.59 Å². The Morgan fingerprint density at radius 1 is 1.05 bits per heavy atom. The monoisotopic (exact) mass is 517 g/mol. The van der Waals surface area contributed by atoms with Gasteiger partial charge in [-0.2, -0.15) is 0 Å². The molecule has 38 heavy (non-hydrogen) atoms. The van der Waals surface area contributed by atoms with Gasteiger partial charge >= 0.3 is 5.97 Å². The molecule has 3 aliphatic rings. The molecule has 4 rings (SSSR count). The van der Waals surface area contributed by atoms with E-state index in [1.165, 1.54) is 62.5 Å². The molecule has 0 spiro atoms. The minimum absolute atomic E-state index is 0.248. The van der Waals surface area contributed by atoms with Crippen molar-refractivity contribution in [3.63, 3.8) is 0 Å². The summed E-state index contributed by atoms with van der Waals surface area (Å²) in [6, 6.07) is 0. The number of aliphatic carboxylic acids is 1. The zero-order valence-corrected chi connectivity index (χ0v) is 22.8. The zero-order chi connectivity index (χ0) is 26.7. The van der Waals surface area contributed by atoms with Crippen LogP contribution in [-0.2, 0) is 16.0 Å². The lowest BCUT2D eigenvalue weighted by atomic mass is 9.70. The molecular weight excluding hydrogens is 474 g/mol. The van der Waals surface area contributed by atoms with Gasteiger partial charge in [0.05, 0.1) is 0 Å². The third-order valence-electron chi connectivity index (χ3n) is 8.49. The normalized spacial score (nSPS) is 23.6. The molecule has 6 nitrogen and oxygen atoms in total. The van der Waals surface area contributed by atoms with E-state index in [0.717, 1.165) is 47.6 Å². The predicted octanol–water partition coefficient (Wildman–Crippen LogP) is 6.60. The van der Waals surface area contributed by atoms with Crippen LogP contribution in [0, 0.1) is 17.8 Å². The molecule has 1 atom stereocenters. The highest BCUT2D eigenvalue weighted by molar-refractivity contribution is 5.81. The van der Waals surface area contributed by atoms with Gasteiger partial charge in [-0.15, -0.1) is 0 Å². The number of carbonyl (C=O) groups is 2. The number of nitrogens with zero attached hydrogens (tertiary/aromatic N) is 2. The number of carboxylic acids is 1. The second kappa shape index (κ2) is 14.2. The van der Waals surface area contributed by atoms with Crippen molar-refractivity contribution in [1.82, 2.24) is 15.3 Å². The van der Waals surface area contributed by atoms with Gasteiger partial charge < -0.3 is 10.4 Å². The fourth-order valence-corrected chi connectivity index (χ4v) is 6.24. The van der Waals surface area contributed by atoms with Gasteiger partial charge in [0, 0.05) is 30.8 Å². The zero-order valence-electron chi connectivity index (χ0n) is 22.8. The van der Waals surface area contributed by atoms with Gasteiger partial charge in [-0.3, -0.25) is 9.59 Å². The Bertz CT molecular complexity index is 1080. The number of hydrogen-bond donors (Lipinski definition) is 2. The smallest absolute Gasteiger partial charge is 0.322 e. The first kappa shape index (κ1) is 28.0. The quantitative estimate of drug-likeness (QED) is 0.345. The van der Waals surface area contributed by atoms with Crippen LogP contribution in [0.4, 0.5) is 0 Å². The van der Waals surface area contributed by atoms with Crippen molar-refractivity contribution in [2.75, 3.05) is 6.54 Å². The number of carboxylic acid groups (broad SMARTS) is 1. The molecule has 1 aromatic heterocycles. The maximum atomic E-state index is 11.8. The molecule has 1 aromatic rings. The van der Waals surface area contributed by atoms with Crippen molar-refractivity contribution in [2.24, 2.45) is 17.8 Å². The summed E-state index contributed by atoms with van der Waals surface area (Å²) < 4.78 is 0. The van der Waals surface area contributed by atoms with Gasteiger partial charge in [0.2, 0.25) is 5.91 Å². The molecule has 6 heteroatoms. The molecule has 1 unspecified atom stereocenters. The van der Waals surface area contributed by atoms with Crippen molar-refractivity contribution < 1.29 is 14.7 Å². The summed E-state index contributed by atoms with van der Waals surface area (Å²) in [4.78, 5) is 31.7. The largest absolute Gasteiger partial charge is 0.480 e. The lowest BCUT2D eigenvalue weighted by molar-refractivity contribution is -0.137. The molecule has 0 saturated heterocycles. The van der Waals surface area contributed by atoms with E-state index in [0.29, 0.717) is 12.8 Å². The molecule has 0 radical (unpaired) electrons. The Morgan fingerprint density at radius 3 is 2.53 bits per heavy atom. The van der Waals surface area contributed by atoms with Crippen LogP contribution in [0.25, 0.3) is 5.57 Å². The van der Waals surface area contributed by atoms with Gasteiger partial charge in [-0.25, -0.2) is 9.97 Å². The number of amides is 1. The first-order valence-electron chi connectivity index (χ1n) is 14.5. The van der Waals surface area contributed by atoms with E-state index in [-0.39, 0.29) is 18.9 Å². The molecule has 1 heterocycles. The van der Waals surface area contributed by atoms with Gasteiger partial charge in [0.25, 0.3) is 0 Å². The Kier molecular flexibility index (Phi) is 10.5. The minimum atomic E-state index is -1.03. The third-order valence-corrected chi connectivity index (χ3v) is 8.49. The number of hydrogen-bond acceptors (Lipinski definition) is 4. The second-order valence-electron chi connectivity index (χ2n) is 11.2. The van der Waals surface area contributed by atoms with E-state index < -0.39 is 5.97 Å². The molecule has 0 bridgehead atoms. The number of rotatable bonds is 11. The predicted molar refractivity (Wildman–Crippen MR) is 151 cm³/mol.